The minimum atomic E-state index is -1.92. The number of rotatable bonds is 7. The number of phenolic OH excluding ortho intramolecular Hbond substituents is 1. The van der Waals surface area contributed by atoms with E-state index in [1.54, 1.807) is 44.7 Å². The van der Waals surface area contributed by atoms with Crippen LogP contribution in [0.2, 0.25) is 0 Å². The van der Waals surface area contributed by atoms with Gasteiger partial charge >= 0.3 is 6.09 Å². The van der Waals surface area contributed by atoms with Crippen molar-refractivity contribution in [2.75, 3.05) is 60.6 Å². The van der Waals surface area contributed by atoms with Crippen molar-refractivity contribution in [3.05, 3.63) is 74.7 Å². The molecule has 0 radical (unpaired) electrons. The number of Topliss-reactive ketones (excluding diaryl/α,β-unsaturated/α-hetero) is 2. The first-order valence-corrected chi connectivity index (χ1v) is 20.9. The van der Waals surface area contributed by atoms with Crippen molar-refractivity contribution in [3.63, 3.8) is 0 Å². The first-order valence-electron chi connectivity index (χ1n) is 20.9. The molecule has 0 aromatic heterocycles. The number of morpholine rings is 1. The molecule has 10 atom stereocenters. The zero-order valence-electron chi connectivity index (χ0n) is 37.1. The number of amides is 2. The number of fused-ring (bicyclic) bond motifs is 14. The molecule has 1 aromatic carbocycles. The number of likely N-dealkylation sites (N-methyl/N-ethyl adjacent to an activating group) is 1. The van der Waals surface area contributed by atoms with Gasteiger partial charge < -0.3 is 59.4 Å². The Balaban J connectivity index is 1.65. The number of carbonyl (C=O) groups is 4. The van der Waals surface area contributed by atoms with Gasteiger partial charge in [-0.15, -0.1) is 4.91 Å². The number of methoxy groups -OCH3 is 1. The predicted octanol–water partition coefficient (Wildman–Crippen LogP) is 3.64. The number of carbonyl (C=O) groups excluding carboxylic acids is 4. The van der Waals surface area contributed by atoms with E-state index in [-0.39, 0.29) is 65.7 Å². The summed E-state index contributed by atoms with van der Waals surface area (Å²) in [7, 11) is 5.15. The number of phenols is 1. The fourth-order valence-corrected chi connectivity index (χ4v) is 8.42. The second-order valence-corrected chi connectivity index (χ2v) is 16.9. The number of aliphatic hydroxyl groups excluding tert-OH is 2. The first-order chi connectivity index (χ1) is 29.3. The van der Waals surface area contributed by atoms with E-state index in [9.17, 15) is 39.4 Å². The van der Waals surface area contributed by atoms with Gasteiger partial charge in [-0.25, -0.2) is 4.79 Å². The van der Waals surface area contributed by atoms with E-state index in [1.165, 1.54) is 46.3 Å². The number of nitrogens with one attached hydrogen (secondary N) is 2. The molecule has 18 heteroatoms. The Kier molecular flexibility index (Phi) is 15.4. The maximum absolute atomic E-state index is 14.9. The maximum Gasteiger partial charge on any atom is 0.407 e. The summed E-state index contributed by atoms with van der Waals surface area (Å²) < 4.78 is 29.7. The molecule has 1 fully saturated rings. The van der Waals surface area contributed by atoms with Gasteiger partial charge in [0, 0.05) is 86.1 Å². The molecule has 5 aliphatic rings. The lowest BCUT2D eigenvalue weighted by Gasteiger charge is -2.38. The molecule has 2 amide bonds. The molecule has 0 spiro atoms. The van der Waals surface area contributed by atoms with Crippen LogP contribution >= 0.6 is 0 Å². The van der Waals surface area contributed by atoms with Crippen molar-refractivity contribution in [3.8, 4) is 11.5 Å². The van der Waals surface area contributed by atoms with Crippen LogP contribution in [0, 0.1) is 35.5 Å². The van der Waals surface area contributed by atoms with Gasteiger partial charge in [0.05, 0.1) is 43.4 Å². The Morgan fingerprint density at radius 1 is 1.02 bits per heavy atom. The van der Waals surface area contributed by atoms with Gasteiger partial charge in [-0.05, 0) is 34.0 Å². The Hall–Kier alpha value is -5.14. The fourth-order valence-electron chi connectivity index (χ4n) is 8.42. The summed E-state index contributed by atoms with van der Waals surface area (Å²) in [5.74, 6) is -7.60. The zero-order chi connectivity index (χ0) is 45.8. The highest BCUT2D eigenvalue weighted by molar-refractivity contribution is 6.29. The molecule has 1 unspecified atom stereocenters. The second kappa shape index (κ2) is 19.9. The van der Waals surface area contributed by atoms with Crippen LogP contribution in [-0.2, 0) is 23.7 Å². The van der Waals surface area contributed by atoms with Gasteiger partial charge in [0.15, 0.2) is 6.04 Å². The number of nitrogens with zero attached hydrogens (tertiary/aromatic N) is 3. The predicted molar refractivity (Wildman–Crippen MR) is 226 cm³/mol. The van der Waals surface area contributed by atoms with Gasteiger partial charge in [0.1, 0.15) is 29.0 Å². The number of hydrogen-bond donors (Lipinski definition) is 5. The van der Waals surface area contributed by atoms with E-state index in [4.69, 9.17) is 23.7 Å². The molecule has 340 valence electrons. The molecule has 18 nitrogen and oxygen atoms in total. The number of ether oxygens (including phenoxy) is 5. The smallest absolute Gasteiger partial charge is 0.407 e. The SMILES string of the molecule is CO[C@H]1C=CO[C@@]2(C)Oc3c(C)c(O)c4c(c3C2N=O)C(=O)C(N2CCOCC2)=C(NC(=O)C(C)=CC=C[C@H](C)[C@H](O)[C@@H](C)[C@@H](O)[C@@H](C)[C@H](OC(=O)NCCN(C)C)[C@@H]1C)C4=O. The second-order valence-electron chi connectivity index (χ2n) is 16.9. The van der Waals surface area contributed by atoms with Crippen LogP contribution in [0.4, 0.5) is 4.79 Å². The third-order valence-electron chi connectivity index (χ3n) is 12.3. The molecule has 5 bridgehead atoms. The van der Waals surface area contributed by atoms with Crippen molar-refractivity contribution < 1.29 is 58.2 Å². The number of benzene rings is 1. The van der Waals surface area contributed by atoms with Gasteiger partial charge in [-0.3, -0.25) is 14.4 Å². The van der Waals surface area contributed by atoms with Crippen LogP contribution < -0.4 is 15.4 Å². The highest BCUT2D eigenvalue weighted by Gasteiger charge is 2.55. The molecule has 1 aliphatic carbocycles. The average Bonchev–Trinajstić information content (AvgIpc) is 3.54. The molecule has 4 heterocycles. The van der Waals surface area contributed by atoms with Gasteiger partial charge in [0.25, 0.3) is 11.7 Å². The Morgan fingerprint density at radius 3 is 2.32 bits per heavy atom. The molecule has 5 N–H and O–H groups in total. The lowest BCUT2D eigenvalue weighted by molar-refractivity contribution is -0.131. The summed E-state index contributed by atoms with van der Waals surface area (Å²) in [4.78, 5) is 72.8. The van der Waals surface area contributed by atoms with Gasteiger partial charge in [-0.1, -0.05) is 51.1 Å². The number of allylic oxidation sites excluding steroid dienone is 4. The molecule has 4 aliphatic heterocycles. The Morgan fingerprint density at radius 2 is 1.69 bits per heavy atom. The largest absolute Gasteiger partial charge is 0.507 e. The summed E-state index contributed by atoms with van der Waals surface area (Å²) in [6.07, 6.45) is 2.61. The third-order valence-corrected chi connectivity index (χ3v) is 12.3. The number of nitroso groups, excluding NO2 is 1. The molecule has 0 saturated carbocycles. The van der Waals surface area contributed by atoms with Gasteiger partial charge in [-0.2, -0.15) is 0 Å². The quantitative estimate of drug-likeness (QED) is 0.246. The number of aliphatic hydroxyl groups is 2. The lowest BCUT2D eigenvalue weighted by Crippen LogP contribution is -2.48. The third kappa shape index (κ3) is 9.58. The summed E-state index contributed by atoms with van der Waals surface area (Å²) in [6.45, 7) is 12.9. The summed E-state index contributed by atoms with van der Waals surface area (Å²) in [5.41, 5.74) is -1.14. The van der Waals surface area contributed by atoms with Crippen LogP contribution in [0.5, 0.6) is 11.5 Å². The topological polar surface area (TPSA) is 235 Å². The molecule has 1 saturated heterocycles. The highest BCUT2D eigenvalue weighted by Crippen LogP contribution is 2.54. The maximum atomic E-state index is 14.9. The summed E-state index contributed by atoms with van der Waals surface area (Å²) in [5, 5.41) is 43.5. The van der Waals surface area contributed by atoms with Crippen molar-refractivity contribution in [1.82, 2.24) is 20.4 Å². The summed E-state index contributed by atoms with van der Waals surface area (Å²) in [6, 6.07) is -1.55. The van der Waals surface area contributed by atoms with Crippen LogP contribution in [0.3, 0.4) is 0 Å². The number of hydrogen-bond acceptors (Lipinski definition) is 16. The van der Waals surface area contributed by atoms with Crippen LogP contribution in [0.1, 0.15) is 79.4 Å². The van der Waals surface area contributed by atoms with E-state index in [1.807, 2.05) is 19.0 Å². The normalized spacial score (nSPS) is 31.0. The molecular weight excluding hydrogens is 807 g/mol. The van der Waals surface area contributed by atoms with Crippen molar-refractivity contribution in [2.45, 2.75) is 84.7 Å². The minimum absolute atomic E-state index is 0.0300. The molecule has 6 rings (SSSR count). The monoisotopic (exact) mass is 867 g/mol. The fraction of sp³-hybridized carbons (Fsp3) is 0.591. The molecule has 62 heavy (non-hydrogen) atoms. The number of ketones is 2. The van der Waals surface area contributed by atoms with Crippen LogP contribution in [-0.4, -0.2) is 139 Å². The van der Waals surface area contributed by atoms with E-state index in [2.05, 4.69) is 15.8 Å². The lowest BCUT2D eigenvalue weighted by atomic mass is 9.78. The minimum Gasteiger partial charge on any atom is -0.507 e. The highest BCUT2D eigenvalue weighted by atomic mass is 16.7. The average molecular weight is 868 g/mol. The van der Waals surface area contributed by atoms with E-state index in [0.717, 1.165) is 0 Å². The standard InChI is InChI=1S/C44H61N5O13/c1-22-12-11-13-23(2)42(55)46-32-33(49-17-20-59-21-18-49)38(54)29-30(37(32)53)36(52)27(6)40-31(29)41(47-57)44(7,62-40)60-19-14-28(58-10)24(3)39(26(5)35(51)25(4)34(22)50)61-43(56)45-15-16-48(8)9/h11-14,19,22,24-26,28,34-35,39,41,50-52H,15-18,20-21H2,1-10H3,(H,45,56)(H,46,55)/t22-,24+,25+,26+,28-,34-,35+,39+,41?,44-/m0/s1. The van der Waals surface area contributed by atoms with Crippen LogP contribution in [0.15, 0.2) is 52.7 Å². The Bertz CT molecular complexity index is 2020. The molecular formula is C44H61N5O13. The number of alkyl carbamates (subject to hydrolysis) is 1. The van der Waals surface area contributed by atoms with Gasteiger partial charge in [0.2, 0.25) is 11.6 Å². The van der Waals surface area contributed by atoms with Crippen LogP contribution in [0.25, 0.3) is 0 Å². The molecule has 1 aromatic rings. The Labute approximate surface area is 361 Å². The summed E-state index contributed by atoms with van der Waals surface area (Å²) >= 11 is 0. The van der Waals surface area contributed by atoms with E-state index >= 15 is 0 Å². The van der Waals surface area contributed by atoms with Crippen molar-refractivity contribution in [2.24, 2.45) is 28.8 Å². The number of aromatic hydroxyl groups is 1. The zero-order valence-corrected chi connectivity index (χ0v) is 37.1. The van der Waals surface area contributed by atoms with Crippen molar-refractivity contribution >= 4 is 23.6 Å². The van der Waals surface area contributed by atoms with E-state index in [0.29, 0.717) is 13.1 Å². The first kappa shape index (κ1) is 47.9. The van der Waals surface area contributed by atoms with Crippen molar-refractivity contribution in [1.29, 1.82) is 0 Å². The van der Waals surface area contributed by atoms with E-state index < -0.39 is 94.8 Å².